The molecule has 1 N–H and O–H groups in total. The number of carbonyl (C=O) groups excluding carboxylic acids is 4. The van der Waals surface area contributed by atoms with Crippen LogP contribution in [-0.4, -0.2) is 41.9 Å². The summed E-state index contributed by atoms with van der Waals surface area (Å²) in [5.41, 5.74) is 1.33. The SMILES string of the molecule is CC(=O)C(C(=O)N1CCOC1=O)[C@@H](NC(=O)OCc1ccccc1)c1ccccc1. The Morgan fingerprint density at radius 1 is 1.07 bits per heavy atom. The van der Waals surface area contributed by atoms with Crippen LogP contribution in [0.2, 0.25) is 0 Å². The van der Waals surface area contributed by atoms with Crippen LogP contribution < -0.4 is 5.32 Å². The van der Waals surface area contributed by atoms with Gasteiger partial charge < -0.3 is 14.8 Å². The maximum atomic E-state index is 13.0. The Morgan fingerprint density at radius 3 is 2.27 bits per heavy atom. The van der Waals surface area contributed by atoms with Gasteiger partial charge in [0.1, 0.15) is 24.9 Å². The number of nitrogens with zero attached hydrogens (tertiary/aromatic N) is 1. The molecule has 3 rings (SSSR count). The highest BCUT2D eigenvalue weighted by atomic mass is 16.6. The fourth-order valence-corrected chi connectivity index (χ4v) is 3.22. The van der Waals surface area contributed by atoms with E-state index in [9.17, 15) is 19.2 Å². The van der Waals surface area contributed by atoms with E-state index in [-0.39, 0.29) is 19.8 Å². The number of ketones is 1. The molecule has 30 heavy (non-hydrogen) atoms. The number of cyclic esters (lactones) is 1. The second kappa shape index (κ2) is 9.69. The van der Waals surface area contributed by atoms with Gasteiger partial charge in [0.15, 0.2) is 0 Å². The number of carbonyl (C=O) groups is 4. The first-order chi connectivity index (χ1) is 14.5. The zero-order valence-corrected chi connectivity index (χ0v) is 16.4. The highest BCUT2D eigenvalue weighted by molar-refractivity contribution is 6.06. The number of alkyl carbamates (subject to hydrolysis) is 1. The Bertz CT molecular complexity index is 916. The predicted octanol–water partition coefficient (Wildman–Crippen LogP) is 2.84. The largest absolute Gasteiger partial charge is 0.447 e. The molecule has 0 aromatic heterocycles. The molecule has 1 heterocycles. The van der Waals surface area contributed by atoms with E-state index in [1.807, 2.05) is 30.3 Å². The van der Waals surface area contributed by atoms with E-state index in [4.69, 9.17) is 9.47 Å². The van der Waals surface area contributed by atoms with Crippen molar-refractivity contribution >= 4 is 23.9 Å². The van der Waals surface area contributed by atoms with Crippen molar-refractivity contribution in [2.75, 3.05) is 13.2 Å². The number of hydrogen-bond acceptors (Lipinski definition) is 6. The lowest BCUT2D eigenvalue weighted by Crippen LogP contribution is -2.46. The summed E-state index contributed by atoms with van der Waals surface area (Å²) < 4.78 is 10.1. The van der Waals surface area contributed by atoms with Crippen LogP contribution in [-0.2, 0) is 25.7 Å². The van der Waals surface area contributed by atoms with Crippen molar-refractivity contribution in [1.82, 2.24) is 10.2 Å². The molecule has 8 heteroatoms. The van der Waals surface area contributed by atoms with Gasteiger partial charge in [-0.05, 0) is 18.1 Å². The first-order valence-corrected chi connectivity index (χ1v) is 9.48. The second-order valence-corrected chi connectivity index (χ2v) is 6.79. The summed E-state index contributed by atoms with van der Waals surface area (Å²) in [7, 11) is 0. The first kappa shape index (κ1) is 21.0. The molecule has 0 aliphatic carbocycles. The van der Waals surface area contributed by atoms with E-state index in [2.05, 4.69) is 5.32 Å². The zero-order valence-electron chi connectivity index (χ0n) is 16.4. The van der Waals surface area contributed by atoms with Crippen molar-refractivity contribution in [3.8, 4) is 0 Å². The smallest absolute Gasteiger partial charge is 0.416 e. The first-order valence-electron chi connectivity index (χ1n) is 9.48. The summed E-state index contributed by atoms with van der Waals surface area (Å²) in [5.74, 6) is -2.51. The van der Waals surface area contributed by atoms with Gasteiger partial charge in [-0.15, -0.1) is 0 Å². The predicted molar refractivity (Wildman–Crippen MR) is 106 cm³/mol. The van der Waals surface area contributed by atoms with Gasteiger partial charge in [-0.2, -0.15) is 0 Å². The number of Topliss-reactive ketones (excluding diaryl/α,β-unsaturated/α-hetero) is 1. The molecule has 2 atom stereocenters. The molecule has 0 bridgehead atoms. The van der Waals surface area contributed by atoms with E-state index in [1.165, 1.54) is 6.92 Å². The summed E-state index contributed by atoms with van der Waals surface area (Å²) in [6.07, 6.45) is -1.58. The fraction of sp³-hybridized carbons (Fsp3) is 0.273. The van der Waals surface area contributed by atoms with E-state index in [0.717, 1.165) is 10.5 Å². The van der Waals surface area contributed by atoms with E-state index >= 15 is 0 Å². The number of hydrogen-bond donors (Lipinski definition) is 1. The molecule has 1 fully saturated rings. The molecule has 1 unspecified atom stereocenters. The molecule has 0 radical (unpaired) electrons. The average molecular weight is 410 g/mol. The average Bonchev–Trinajstić information content (AvgIpc) is 3.18. The molecule has 0 spiro atoms. The molecule has 156 valence electrons. The standard InChI is InChI=1S/C22H22N2O6/c1-15(25)18(20(26)24-12-13-29-22(24)28)19(17-10-6-3-7-11-17)23-21(27)30-14-16-8-4-2-5-9-16/h2-11,18-19H,12-14H2,1H3,(H,23,27)/t18?,19-/m0/s1. The van der Waals surface area contributed by atoms with Crippen molar-refractivity contribution in [3.63, 3.8) is 0 Å². The summed E-state index contributed by atoms with van der Waals surface area (Å²) in [6, 6.07) is 16.7. The monoisotopic (exact) mass is 410 g/mol. The van der Waals surface area contributed by atoms with Gasteiger partial charge in [0.25, 0.3) is 0 Å². The maximum Gasteiger partial charge on any atom is 0.416 e. The van der Waals surface area contributed by atoms with Crippen LogP contribution in [0.25, 0.3) is 0 Å². The normalized spacial score (nSPS) is 15.1. The third-order valence-electron chi connectivity index (χ3n) is 4.71. The van der Waals surface area contributed by atoms with Crippen LogP contribution in [0, 0.1) is 5.92 Å². The van der Waals surface area contributed by atoms with E-state index in [1.54, 1.807) is 30.3 Å². The molecule has 3 amide bonds. The molecule has 1 aliphatic heterocycles. The lowest BCUT2D eigenvalue weighted by atomic mass is 9.88. The van der Waals surface area contributed by atoms with Crippen LogP contribution in [0.5, 0.6) is 0 Å². The molecule has 2 aromatic carbocycles. The minimum Gasteiger partial charge on any atom is -0.447 e. The Balaban J connectivity index is 1.81. The molecular formula is C22H22N2O6. The minimum atomic E-state index is -1.30. The molecule has 8 nitrogen and oxygen atoms in total. The number of amides is 3. The van der Waals surface area contributed by atoms with E-state index < -0.39 is 35.8 Å². The van der Waals surface area contributed by atoms with Crippen molar-refractivity contribution in [1.29, 1.82) is 0 Å². The number of rotatable bonds is 7. The summed E-state index contributed by atoms with van der Waals surface area (Å²) in [5, 5.41) is 2.62. The lowest BCUT2D eigenvalue weighted by molar-refractivity contribution is -0.139. The van der Waals surface area contributed by atoms with Crippen LogP contribution in [0.15, 0.2) is 60.7 Å². The van der Waals surface area contributed by atoms with Crippen molar-refractivity contribution in [2.24, 2.45) is 5.92 Å². The van der Waals surface area contributed by atoms with Gasteiger partial charge in [-0.3, -0.25) is 9.59 Å². The maximum absolute atomic E-state index is 13.0. The van der Waals surface area contributed by atoms with E-state index in [0.29, 0.717) is 5.56 Å². The molecular weight excluding hydrogens is 388 g/mol. The van der Waals surface area contributed by atoms with Gasteiger partial charge in [0, 0.05) is 0 Å². The number of imide groups is 1. The second-order valence-electron chi connectivity index (χ2n) is 6.79. The Morgan fingerprint density at radius 2 is 1.70 bits per heavy atom. The zero-order chi connectivity index (χ0) is 21.5. The molecule has 1 aliphatic rings. The Kier molecular flexibility index (Phi) is 6.79. The molecule has 1 saturated heterocycles. The topological polar surface area (TPSA) is 102 Å². The molecule has 0 saturated carbocycles. The number of ether oxygens (including phenoxy) is 2. The highest BCUT2D eigenvalue weighted by Gasteiger charge is 2.41. The van der Waals surface area contributed by atoms with Crippen molar-refractivity contribution < 1.29 is 28.7 Å². The fourth-order valence-electron chi connectivity index (χ4n) is 3.22. The summed E-state index contributed by atoms with van der Waals surface area (Å²) >= 11 is 0. The van der Waals surface area contributed by atoms with Crippen LogP contribution in [0.4, 0.5) is 9.59 Å². The third-order valence-corrected chi connectivity index (χ3v) is 4.71. The lowest BCUT2D eigenvalue weighted by Gasteiger charge is -2.27. The molecule has 2 aromatic rings. The quantitative estimate of drug-likeness (QED) is 0.705. The summed E-state index contributed by atoms with van der Waals surface area (Å²) in [4.78, 5) is 50.6. The van der Waals surface area contributed by atoms with Gasteiger partial charge in [0.05, 0.1) is 12.6 Å². The third kappa shape index (κ3) is 5.02. The number of benzene rings is 2. The van der Waals surface area contributed by atoms with Crippen LogP contribution in [0.1, 0.15) is 24.1 Å². The summed E-state index contributed by atoms with van der Waals surface area (Å²) in [6.45, 7) is 1.40. The van der Waals surface area contributed by atoms with Gasteiger partial charge in [-0.25, -0.2) is 14.5 Å². The van der Waals surface area contributed by atoms with Gasteiger partial charge in [0.2, 0.25) is 5.91 Å². The van der Waals surface area contributed by atoms with Crippen LogP contribution in [0.3, 0.4) is 0 Å². The van der Waals surface area contributed by atoms with Crippen molar-refractivity contribution in [3.05, 3.63) is 71.8 Å². The Hall–Kier alpha value is -3.68. The Labute approximate surface area is 173 Å². The highest BCUT2D eigenvalue weighted by Crippen LogP contribution is 2.26. The van der Waals surface area contributed by atoms with Crippen molar-refractivity contribution in [2.45, 2.75) is 19.6 Å². The number of nitrogens with one attached hydrogen (secondary N) is 1. The minimum absolute atomic E-state index is 0.0331. The van der Waals surface area contributed by atoms with Crippen LogP contribution >= 0.6 is 0 Å². The van der Waals surface area contributed by atoms with Gasteiger partial charge >= 0.3 is 12.2 Å². The van der Waals surface area contributed by atoms with Gasteiger partial charge in [-0.1, -0.05) is 60.7 Å².